The van der Waals surface area contributed by atoms with Gasteiger partial charge in [0.1, 0.15) is 5.75 Å². The molecule has 23 heavy (non-hydrogen) atoms. The minimum atomic E-state index is 0.0535. The molecule has 0 atom stereocenters. The van der Waals surface area contributed by atoms with Crippen LogP contribution in [0.2, 0.25) is 0 Å². The summed E-state index contributed by atoms with van der Waals surface area (Å²) in [6.45, 7) is 0.749. The number of amides is 1. The van der Waals surface area contributed by atoms with Crippen LogP contribution in [0, 0.1) is 5.92 Å². The zero-order valence-electron chi connectivity index (χ0n) is 14.3. The molecule has 2 aliphatic carbocycles. The SMILES string of the molecule is COc1ccccc1C1(CNC(=O)CC2CCCC2)CCCC1. The molecule has 0 unspecified atom stereocenters. The van der Waals surface area contributed by atoms with E-state index in [9.17, 15) is 4.79 Å². The Morgan fingerprint density at radius 3 is 2.57 bits per heavy atom. The van der Waals surface area contributed by atoms with E-state index in [-0.39, 0.29) is 11.3 Å². The molecule has 0 saturated heterocycles. The average Bonchev–Trinajstić information content (AvgIpc) is 3.25. The molecule has 1 aromatic rings. The second-order valence-corrected chi connectivity index (χ2v) is 7.32. The van der Waals surface area contributed by atoms with Crippen molar-refractivity contribution in [2.24, 2.45) is 5.92 Å². The van der Waals surface area contributed by atoms with Crippen LogP contribution in [-0.2, 0) is 10.2 Å². The zero-order valence-corrected chi connectivity index (χ0v) is 14.3. The van der Waals surface area contributed by atoms with Gasteiger partial charge in [0, 0.05) is 23.9 Å². The van der Waals surface area contributed by atoms with E-state index in [1.165, 1.54) is 44.1 Å². The summed E-state index contributed by atoms with van der Waals surface area (Å²) in [5.41, 5.74) is 1.32. The lowest BCUT2D eigenvalue weighted by Crippen LogP contribution is -2.39. The van der Waals surface area contributed by atoms with Crippen LogP contribution in [0.25, 0.3) is 0 Å². The highest BCUT2D eigenvalue weighted by molar-refractivity contribution is 5.76. The first kappa shape index (κ1) is 16.4. The number of carbonyl (C=O) groups is 1. The first-order valence-electron chi connectivity index (χ1n) is 9.14. The van der Waals surface area contributed by atoms with Crippen LogP contribution in [0.4, 0.5) is 0 Å². The standard InChI is InChI=1S/C20H29NO2/c1-23-18-11-5-4-10-17(18)20(12-6-7-13-20)15-21-19(22)14-16-8-2-3-9-16/h4-5,10-11,16H,2-3,6-9,12-15H2,1H3,(H,21,22). The summed E-state index contributed by atoms with van der Waals surface area (Å²) >= 11 is 0. The van der Waals surface area contributed by atoms with E-state index >= 15 is 0 Å². The number of nitrogens with one attached hydrogen (secondary N) is 1. The first-order valence-corrected chi connectivity index (χ1v) is 9.14. The molecule has 0 radical (unpaired) electrons. The summed E-state index contributed by atoms with van der Waals surface area (Å²) < 4.78 is 5.58. The van der Waals surface area contributed by atoms with Crippen LogP contribution in [0.3, 0.4) is 0 Å². The number of ether oxygens (including phenoxy) is 1. The fraction of sp³-hybridized carbons (Fsp3) is 0.650. The zero-order chi connectivity index (χ0) is 16.1. The van der Waals surface area contributed by atoms with Gasteiger partial charge in [0.2, 0.25) is 5.91 Å². The van der Waals surface area contributed by atoms with Crippen molar-refractivity contribution < 1.29 is 9.53 Å². The molecular weight excluding hydrogens is 286 g/mol. The van der Waals surface area contributed by atoms with Gasteiger partial charge in [-0.3, -0.25) is 4.79 Å². The fourth-order valence-electron chi connectivity index (χ4n) is 4.49. The maximum Gasteiger partial charge on any atom is 0.220 e. The number of benzene rings is 1. The van der Waals surface area contributed by atoms with Gasteiger partial charge in [0.05, 0.1) is 7.11 Å². The van der Waals surface area contributed by atoms with E-state index in [2.05, 4.69) is 17.4 Å². The summed E-state index contributed by atoms with van der Waals surface area (Å²) in [5.74, 6) is 1.80. The molecule has 1 aromatic carbocycles. The summed E-state index contributed by atoms with van der Waals surface area (Å²) in [6.07, 6.45) is 10.5. The third-order valence-electron chi connectivity index (χ3n) is 5.81. The van der Waals surface area contributed by atoms with E-state index in [0.29, 0.717) is 12.3 Å². The molecule has 3 nitrogen and oxygen atoms in total. The Morgan fingerprint density at radius 2 is 1.87 bits per heavy atom. The van der Waals surface area contributed by atoms with Gasteiger partial charge in [0.25, 0.3) is 0 Å². The Hall–Kier alpha value is -1.51. The van der Waals surface area contributed by atoms with Gasteiger partial charge in [-0.1, -0.05) is 43.9 Å². The van der Waals surface area contributed by atoms with Gasteiger partial charge in [-0.05, 0) is 37.7 Å². The average molecular weight is 315 g/mol. The van der Waals surface area contributed by atoms with E-state index in [1.54, 1.807) is 7.11 Å². The van der Waals surface area contributed by atoms with Crippen molar-refractivity contribution in [1.29, 1.82) is 0 Å². The minimum absolute atomic E-state index is 0.0535. The number of para-hydroxylation sites is 1. The molecule has 0 aliphatic heterocycles. The summed E-state index contributed by atoms with van der Waals surface area (Å²) in [5, 5.41) is 3.25. The van der Waals surface area contributed by atoms with Crippen LogP contribution in [0.5, 0.6) is 5.75 Å². The Bertz CT molecular complexity index is 528. The fourth-order valence-corrected chi connectivity index (χ4v) is 4.49. The van der Waals surface area contributed by atoms with Crippen molar-refractivity contribution in [3.63, 3.8) is 0 Å². The number of hydrogen-bond donors (Lipinski definition) is 1. The molecule has 3 rings (SSSR count). The predicted molar refractivity (Wildman–Crippen MR) is 92.7 cm³/mol. The number of carbonyl (C=O) groups excluding carboxylic acids is 1. The number of methoxy groups -OCH3 is 1. The molecule has 2 fully saturated rings. The molecule has 0 bridgehead atoms. The molecule has 0 spiro atoms. The molecule has 2 aliphatic rings. The predicted octanol–water partition coefficient (Wildman–Crippen LogP) is 4.20. The maximum absolute atomic E-state index is 12.3. The molecule has 126 valence electrons. The molecule has 1 N–H and O–H groups in total. The van der Waals surface area contributed by atoms with Gasteiger partial charge in [-0.25, -0.2) is 0 Å². The van der Waals surface area contributed by atoms with Crippen molar-refractivity contribution in [2.45, 2.75) is 63.2 Å². The molecule has 2 saturated carbocycles. The topological polar surface area (TPSA) is 38.3 Å². The van der Waals surface area contributed by atoms with Gasteiger partial charge >= 0.3 is 0 Å². The molecule has 3 heteroatoms. The van der Waals surface area contributed by atoms with Crippen LogP contribution in [-0.4, -0.2) is 19.6 Å². The lowest BCUT2D eigenvalue weighted by molar-refractivity contribution is -0.122. The Kier molecular flexibility index (Phi) is 5.24. The van der Waals surface area contributed by atoms with Crippen molar-refractivity contribution in [1.82, 2.24) is 5.32 Å². The minimum Gasteiger partial charge on any atom is -0.496 e. The van der Waals surface area contributed by atoms with E-state index in [0.717, 1.165) is 25.1 Å². The van der Waals surface area contributed by atoms with Crippen LogP contribution >= 0.6 is 0 Å². The second kappa shape index (κ2) is 7.37. The normalized spacial score (nSPS) is 20.6. The van der Waals surface area contributed by atoms with Crippen molar-refractivity contribution >= 4 is 5.91 Å². The maximum atomic E-state index is 12.3. The number of hydrogen-bond acceptors (Lipinski definition) is 2. The molecule has 0 heterocycles. The second-order valence-electron chi connectivity index (χ2n) is 7.32. The van der Waals surface area contributed by atoms with Gasteiger partial charge in [-0.15, -0.1) is 0 Å². The van der Waals surface area contributed by atoms with Gasteiger partial charge < -0.3 is 10.1 Å². The van der Waals surface area contributed by atoms with Crippen LogP contribution < -0.4 is 10.1 Å². The lowest BCUT2D eigenvalue weighted by Gasteiger charge is -2.31. The number of rotatable bonds is 6. The lowest BCUT2D eigenvalue weighted by atomic mass is 9.78. The van der Waals surface area contributed by atoms with E-state index in [4.69, 9.17) is 4.74 Å². The smallest absolute Gasteiger partial charge is 0.220 e. The third-order valence-corrected chi connectivity index (χ3v) is 5.81. The summed E-state index contributed by atoms with van der Waals surface area (Å²) in [4.78, 5) is 12.3. The summed E-state index contributed by atoms with van der Waals surface area (Å²) in [6, 6.07) is 8.31. The largest absolute Gasteiger partial charge is 0.496 e. The highest BCUT2D eigenvalue weighted by Gasteiger charge is 2.38. The Balaban J connectivity index is 1.67. The van der Waals surface area contributed by atoms with Crippen molar-refractivity contribution in [2.75, 3.05) is 13.7 Å². The van der Waals surface area contributed by atoms with Crippen molar-refractivity contribution in [3.05, 3.63) is 29.8 Å². The highest BCUT2D eigenvalue weighted by Crippen LogP contribution is 2.44. The van der Waals surface area contributed by atoms with E-state index in [1.807, 2.05) is 12.1 Å². The first-order chi connectivity index (χ1) is 11.2. The van der Waals surface area contributed by atoms with Gasteiger partial charge in [-0.2, -0.15) is 0 Å². The Morgan fingerprint density at radius 1 is 1.17 bits per heavy atom. The quantitative estimate of drug-likeness (QED) is 0.854. The highest BCUT2D eigenvalue weighted by atomic mass is 16.5. The van der Waals surface area contributed by atoms with Crippen LogP contribution in [0.15, 0.2) is 24.3 Å². The molecule has 0 aromatic heterocycles. The Labute approximate surface area is 139 Å². The summed E-state index contributed by atoms with van der Waals surface area (Å²) in [7, 11) is 1.74. The van der Waals surface area contributed by atoms with Crippen LogP contribution in [0.1, 0.15) is 63.4 Å². The van der Waals surface area contributed by atoms with Gasteiger partial charge in [0.15, 0.2) is 0 Å². The van der Waals surface area contributed by atoms with Crippen molar-refractivity contribution in [3.8, 4) is 5.75 Å². The third kappa shape index (κ3) is 3.70. The monoisotopic (exact) mass is 315 g/mol. The molecule has 1 amide bonds. The molecular formula is C20H29NO2. The van der Waals surface area contributed by atoms with E-state index < -0.39 is 0 Å².